The standard InChI is InChI=1S/C22H10F17NO3S/c23-15(24)17(27,28)18(29,30)16(25,26)14(10-5-6-13-11(8-10)7-9-3-1-2-4-12(9)13)40-43-44(41,42)22(38,39)20(33,34)19(31,32)21(35,36)37/h1-6,8,15H,7H2. The van der Waals surface area contributed by atoms with Crippen LogP contribution in [0.1, 0.15) is 16.7 Å². The summed E-state index contributed by atoms with van der Waals surface area (Å²) in [4.78, 5) is 0. The van der Waals surface area contributed by atoms with Gasteiger partial charge >= 0.3 is 57.6 Å². The highest BCUT2D eigenvalue weighted by Crippen LogP contribution is 2.55. The van der Waals surface area contributed by atoms with Gasteiger partial charge in [0.2, 0.25) is 0 Å². The predicted octanol–water partition coefficient (Wildman–Crippen LogP) is 7.91. The topological polar surface area (TPSA) is 55.7 Å². The largest absolute Gasteiger partial charge is 0.460 e. The van der Waals surface area contributed by atoms with E-state index in [0.29, 0.717) is 17.2 Å². The van der Waals surface area contributed by atoms with E-state index >= 15 is 0 Å². The summed E-state index contributed by atoms with van der Waals surface area (Å²) in [6.45, 7) is 0. The number of halogens is 17. The molecule has 2 aromatic carbocycles. The van der Waals surface area contributed by atoms with Gasteiger partial charge in [-0.1, -0.05) is 41.6 Å². The van der Waals surface area contributed by atoms with Gasteiger partial charge < -0.3 is 0 Å². The second-order valence-corrected chi connectivity index (χ2v) is 10.5. The van der Waals surface area contributed by atoms with Gasteiger partial charge in [0.15, 0.2) is 5.71 Å². The Balaban J connectivity index is 2.22. The number of fused-ring (bicyclic) bond motifs is 3. The molecule has 1 aliphatic rings. The molecule has 0 heterocycles. The number of nitrogens with zero attached hydrogens (tertiary/aromatic N) is 1. The lowest BCUT2D eigenvalue weighted by Gasteiger charge is -2.33. The maximum Gasteiger partial charge on any atom is 0.460 e. The normalized spacial score (nSPS) is 15.8. The summed E-state index contributed by atoms with van der Waals surface area (Å²) in [6.07, 6.45) is -13.4. The molecular formula is C22H10F17NO3S. The molecule has 0 atom stereocenters. The Bertz CT molecular complexity index is 1570. The van der Waals surface area contributed by atoms with E-state index in [-0.39, 0.29) is 23.6 Å². The number of hydrogen-bond donors (Lipinski definition) is 0. The van der Waals surface area contributed by atoms with Crippen LogP contribution in [0.4, 0.5) is 74.6 Å². The highest BCUT2D eigenvalue weighted by Gasteiger charge is 2.86. The van der Waals surface area contributed by atoms with Gasteiger partial charge in [-0.25, -0.2) is 8.78 Å². The van der Waals surface area contributed by atoms with Gasteiger partial charge in [0.1, 0.15) is 0 Å². The van der Waals surface area contributed by atoms with E-state index in [4.69, 9.17) is 0 Å². The summed E-state index contributed by atoms with van der Waals surface area (Å²) in [6, 6.07) is 7.11. The summed E-state index contributed by atoms with van der Waals surface area (Å²) in [5, 5.41) is -6.18. The van der Waals surface area contributed by atoms with Crippen molar-refractivity contribution >= 4 is 15.8 Å². The van der Waals surface area contributed by atoms with Crippen LogP contribution in [0, 0.1) is 0 Å². The highest BCUT2D eigenvalue weighted by molar-refractivity contribution is 7.87. The molecular weight excluding hydrogens is 681 g/mol. The molecule has 0 N–H and O–H groups in total. The van der Waals surface area contributed by atoms with Gasteiger partial charge in [0.05, 0.1) is 0 Å². The van der Waals surface area contributed by atoms with Crippen molar-refractivity contribution in [1.29, 1.82) is 0 Å². The number of oxime groups is 1. The number of rotatable bonds is 10. The molecule has 4 nitrogen and oxygen atoms in total. The number of alkyl halides is 17. The Morgan fingerprint density at radius 2 is 1.23 bits per heavy atom. The van der Waals surface area contributed by atoms with E-state index in [0.717, 1.165) is 6.07 Å². The van der Waals surface area contributed by atoms with E-state index in [1.54, 1.807) is 5.16 Å². The summed E-state index contributed by atoms with van der Waals surface area (Å²) in [5.74, 6) is -37.1. The molecule has 0 saturated heterocycles. The smallest absolute Gasteiger partial charge is 0.263 e. The third-order valence-corrected chi connectivity index (χ3v) is 7.26. The SMILES string of the molecule is O=S(=O)(ON=C(c1ccc2c(c1)Cc1ccccc1-2)C(F)(F)C(F)(F)C(F)(F)C(F)F)C(F)(F)C(F)(F)C(F)(F)C(F)(F)F. The minimum Gasteiger partial charge on any atom is -0.263 e. The quantitative estimate of drug-likeness (QED) is 0.124. The molecule has 0 unspecified atom stereocenters. The Hall–Kier alpha value is -3.33. The molecule has 0 aromatic heterocycles. The van der Waals surface area contributed by atoms with Crippen molar-refractivity contribution in [3.63, 3.8) is 0 Å². The monoisotopic (exact) mass is 691 g/mol. The molecule has 1 aliphatic carbocycles. The summed E-state index contributed by atoms with van der Waals surface area (Å²) in [5.41, 5.74) is -4.19. The Morgan fingerprint density at radius 3 is 1.75 bits per heavy atom. The molecule has 246 valence electrons. The molecule has 0 fully saturated rings. The van der Waals surface area contributed by atoms with Crippen LogP contribution in [-0.2, 0) is 20.8 Å². The third-order valence-electron chi connectivity index (χ3n) is 6.11. The molecule has 0 bridgehead atoms. The van der Waals surface area contributed by atoms with Crippen molar-refractivity contribution in [1.82, 2.24) is 0 Å². The van der Waals surface area contributed by atoms with Crippen molar-refractivity contribution in [2.75, 3.05) is 0 Å². The Labute approximate surface area is 233 Å². The van der Waals surface area contributed by atoms with Gasteiger partial charge in [-0.3, -0.25) is 4.28 Å². The van der Waals surface area contributed by atoms with Crippen molar-refractivity contribution in [2.24, 2.45) is 5.16 Å². The second-order valence-electron chi connectivity index (χ2n) is 8.91. The number of hydrogen-bond acceptors (Lipinski definition) is 4. The van der Waals surface area contributed by atoms with Crippen LogP contribution in [0.2, 0.25) is 0 Å². The molecule has 22 heteroatoms. The first-order chi connectivity index (χ1) is 19.6. The molecule has 0 amide bonds. The summed E-state index contributed by atoms with van der Waals surface area (Å²) < 4.78 is 255. The average Bonchev–Trinajstić information content (AvgIpc) is 3.25. The van der Waals surface area contributed by atoms with Gasteiger partial charge in [0.25, 0.3) is 0 Å². The molecule has 0 saturated carbocycles. The molecule has 3 rings (SSSR count). The minimum atomic E-state index is -8.14. The zero-order valence-electron chi connectivity index (χ0n) is 20.3. The van der Waals surface area contributed by atoms with Crippen LogP contribution >= 0.6 is 0 Å². The van der Waals surface area contributed by atoms with Crippen molar-refractivity contribution in [3.05, 3.63) is 59.2 Å². The zero-order valence-corrected chi connectivity index (χ0v) is 21.1. The number of benzene rings is 2. The molecule has 0 aliphatic heterocycles. The van der Waals surface area contributed by atoms with Crippen LogP contribution in [0.3, 0.4) is 0 Å². The van der Waals surface area contributed by atoms with Gasteiger partial charge in [-0.15, -0.1) is 0 Å². The lowest BCUT2D eigenvalue weighted by molar-refractivity contribution is -0.382. The van der Waals surface area contributed by atoms with Crippen LogP contribution < -0.4 is 0 Å². The van der Waals surface area contributed by atoms with Crippen molar-refractivity contribution in [2.45, 2.75) is 53.9 Å². The average molecular weight is 691 g/mol. The molecule has 44 heavy (non-hydrogen) atoms. The first-order valence-corrected chi connectivity index (χ1v) is 12.4. The molecule has 0 spiro atoms. The lowest BCUT2D eigenvalue weighted by Crippen LogP contribution is -2.63. The zero-order chi connectivity index (χ0) is 34.1. The van der Waals surface area contributed by atoms with Crippen molar-refractivity contribution < 1.29 is 87.3 Å². The fourth-order valence-electron chi connectivity index (χ4n) is 3.73. The Kier molecular flexibility index (Phi) is 8.28. The summed E-state index contributed by atoms with van der Waals surface area (Å²) >= 11 is 0. The van der Waals surface area contributed by atoms with Crippen molar-refractivity contribution in [3.8, 4) is 11.1 Å². The van der Waals surface area contributed by atoms with E-state index < -0.39 is 68.9 Å². The van der Waals surface area contributed by atoms with E-state index in [9.17, 15) is 83.1 Å². The summed E-state index contributed by atoms with van der Waals surface area (Å²) in [7, 11) is -8.14. The van der Waals surface area contributed by atoms with Crippen LogP contribution in [-0.4, -0.2) is 61.6 Å². The van der Waals surface area contributed by atoms with E-state index in [1.807, 2.05) is 0 Å². The first kappa shape index (κ1) is 35.2. The van der Waals surface area contributed by atoms with E-state index in [2.05, 4.69) is 4.28 Å². The fourth-order valence-corrected chi connectivity index (χ4v) is 4.44. The third kappa shape index (κ3) is 5.01. The molecule has 0 radical (unpaired) electrons. The predicted molar refractivity (Wildman–Crippen MR) is 113 cm³/mol. The fraction of sp³-hybridized carbons (Fsp3) is 0.409. The molecule has 2 aromatic rings. The lowest BCUT2D eigenvalue weighted by atomic mass is 9.93. The van der Waals surface area contributed by atoms with Gasteiger partial charge in [0, 0.05) is 5.56 Å². The minimum absolute atomic E-state index is 0.116. The first-order valence-electron chi connectivity index (χ1n) is 10.9. The maximum atomic E-state index is 14.9. The maximum absolute atomic E-state index is 14.9. The van der Waals surface area contributed by atoms with Gasteiger partial charge in [-0.2, -0.15) is 74.3 Å². The second kappa shape index (κ2) is 10.4. The van der Waals surface area contributed by atoms with Crippen LogP contribution in [0.25, 0.3) is 11.1 Å². The van der Waals surface area contributed by atoms with Gasteiger partial charge in [-0.05, 0) is 34.7 Å². The highest BCUT2D eigenvalue weighted by atomic mass is 32.2. The Morgan fingerprint density at radius 1 is 0.705 bits per heavy atom. The van der Waals surface area contributed by atoms with Crippen LogP contribution in [0.15, 0.2) is 47.6 Å². The van der Waals surface area contributed by atoms with E-state index in [1.165, 1.54) is 24.3 Å². The van der Waals surface area contributed by atoms with Crippen LogP contribution in [0.5, 0.6) is 0 Å².